The Kier molecular flexibility index (Phi) is 5.84. The summed E-state index contributed by atoms with van der Waals surface area (Å²) in [5, 5.41) is 9.05. The summed E-state index contributed by atoms with van der Waals surface area (Å²) < 4.78 is 0. The number of anilines is 3. The van der Waals surface area contributed by atoms with Gasteiger partial charge in [-0.05, 0) is 30.3 Å². The van der Waals surface area contributed by atoms with Gasteiger partial charge in [0.2, 0.25) is 11.8 Å². The summed E-state index contributed by atoms with van der Waals surface area (Å²) in [6.45, 7) is 1.46. The van der Waals surface area contributed by atoms with Crippen LogP contribution in [0.3, 0.4) is 0 Å². The molecule has 2 aromatic carbocycles. The Morgan fingerprint density at radius 3 is 2.22 bits per heavy atom. The van der Waals surface area contributed by atoms with Crippen LogP contribution >= 0.6 is 23.2 Å². The molecule has 7 heteroatoms. The molecule has 0 radical (unpaired) electrons. The Balaban J connectivity index is 1.95. The second-order valence-electron chi connectivity index (χ2n) is 4.76. The highest BCUT2D eigenvalue weighted by Crippen LogP contribution is 2.29. The highest BCUT2D eigenvalue weighted by Gasteiger charge is 2.09. The molecule has 23 heavy (non-hydrogen) atoms. The lowest BCUT2D eigenvalue weighted by atomic mass is 10.2. The summed E-state index contributed by atoms with van der Waals surface area (Å²) in [6.07, 6.45) is 0. The lowest BCUT2D eigenvalue weighted by Gasteiger charge is -2.11. The number of carbonyl (C=O) groups excluding carboxylic acids is 2. The van der Waals surface area contributed by atoms with E-state index in [0.717, 1.165) is 0 Å². The Bertz CT molecular complexity index is 715. The fraction of sp³-hybridized carbons (Fsp3) is 0.125. The predicted octanol–water partition coefficient (Wildman–Crippen LogP) is 4.00. The minimum atomic E-state index is -0.287. The molecule has 5 nitrogen and oxygen atoms in total. The Hall–Kier alpha value is -2.24. The van der Waals surface area contributed by atoms with Gasteiger partial charge in [0.05, 0.1) is 22.3 Å². The van der Waals surface area contributed by atoms with E-state index in [1.54, 1.807) is 42.5 Å². The van der Waals surface area contributed by atoms with Crippen LogP contribution in [0.1, 0.15) is 6.92 Å². The van der Waals surface area contributed by atoms with Crippen LogP contribution in [0.15, 0.2) is 42.5 Å². The number of hydrogen-bond donors (Lipinski definition) is 3. The molecule has 2 rings (SSSR count). The number of halogens is 2. The summed E-state index contributed by atoms with van der Waals surface area (Å²) >= 11 is 12.0. The molecular formula is C16H15Cl2N3O2. The van der Waals surface area contributed by atoms with Gasteiger partial charge in [-0.3, -0.25) is 9.59 Å². The van der Waals surface area contributed by atoms with Crippen molar-refractivity contribution >= 4 is 52.1 Å². The molecule has 0 unspecified atom stereocenters. The first-order valence-electron chi connectivity index (χ1n) is 6.81. The van der Waals surface area contributed by atoms with E-state index in [9.17, 15) is 9.59 Å². The van der Waals surface area contributed by atoms with Gasteiger partial charge >= 0.3 is 0 Å². The van der Waals surface area contributed by atoms with Gasteiger partial charge in [-0.1, -0.05) is 35.3 Å². The van der Waals surface area contributed by atoms with E-state index >= 15 is 0 Å². The van der Waals surface area contributed by atoms with Gasteiger partial charge in [0, 0.05) is 18.3 Å². The lowest BCUT2D eigenvalue weighted by Crippen LogP contribution is -2.22. The van der Waals surface area contributed by atoms with Gasteiger partial charge in [-0.15, -0.1) is 0 Å². The Morgan fingerprint density at radius 1 is 0.957 bits per heavy atom. The quantitative estimate of drug-likeness (QED) is 0.762. The highest BCUT2D eigenvalue weighted by molar-refractivity contribution is 6.39. The van der Waals surface area contributed by atoms with Crippen molar-refractivity contribution in [2.24, 2.45) is 0 Å². The molecular weight excluding hydrogens is 337 g/mol. The lowest BCUT2D eigenvalue weighted by molar-refractivity contribution is -0.115. The van der Waals surface area contributed by atoms with Gasteiger partial charge in [0.1, 0.15) is 0 Å². The molecule has 0 saturated heterocycles. The number of carbonyl (C=O) groups is 2. The molecule has 2 amide bonds. The van der Waals surface area contributed by atoms with Crippen molar-refractivity contribution in [1.29, 1.82) is 0 Å². The van der Waals surface area contributed by atoms with Crippen molar-refractivity contribution in [3.63, 3.8) is 0 Å². The van der Waals surface area contributed by atoms with Crippen molar-refractivity contribution < 1.29 is 9.59 Å². The summed E-state index contributed by atoms with van der Waals surface area (Å²) in [4.78, 5) is 23.0. The zero-order valence-electron chi connectivity index (χ0n) is 12.3. The molecule has 3 N–H and O–H groups in total. The standard InChI is InChI=1S/C16H15Cl2N3O2/c1-10(22)20-12-5-2-4-11(8-12)19-9-15(23)21-16-13(17)6-3-7-14(16)18/h2-8,19H,9H2,1H3,(H,20,22)(H,21,23). The Labute approximate surface area is 144 Å². The topological polar surface area (TPSA) is 70.2 Å². The zero-order chi connectivity index (χ0) is 16.8. The highest BCUT2D eigenvalue weighted by atomic mass is 35.5. The number of rotatable bonds is 5. The van der Waals surface area contributed by atoms with Gasteiger partial charge in [0.25, 0.3) is 0 Å². The van der Waals surface area contributed by atoms with E-state index in [0.29, 0.717) is 27.1 Å². The number of hydrogen-bond acceptors (Lipinski definition) is 3. The molecule has 0 aromatic heterocycles. The van der Waals surface area contributed by atoms with E-state index in [4.69, 9.17) is 23.2 Å². The average Bonchev–Trinajstić information content (AvgIpc) is 2.49. The summed E-state index contributed by atoms with van der Waals surface area (Å²) in [6, 6.07) is 12.1. The SMILES string of the molecule is CC(=O)Nc1cccc(NCC(=O)Nc2c(Cl)cccc2Cl)c1. The molecule has 0 heterocycles. The molecule has 120 valence electrons. The first-order chi connectivity index (χ1) is 11.0. The number of benzene rings is 2. The van der Waals surface area contributed by atoms with Crippen LogP contribution in [0, 0.1) is 0 Å². The van der Waals surface area contributed by atoms with Gasteiger partial charge in [-0.25, -0.2) is 0 Å². The van der Waals surface area contributed by atoms with Crippen molar-refractivity contribution in [3.8, 4) is 0 Å². The zero-order valence-corrected chi connectivity index (χ0v) is 13.8. The van der Waals surface area contributed by atoms with Crippen molar-refractivity contribution in [3.05, 3.63) is 52.5 Å². The van der Waals surface area contributed by atoms with E-state index in [2.05, 4.69) is 16.0 Å². The van der Waals surface area contributed by atoms with E-state index in [-0.39, 0.29) is 18.4 Å². The third-order valence-electron chi connectivity index (χ3n) is 2.86. The fourth-order valence-electron chi connectivity index (χ4n) is 1.89. The monoisotopic (exact) mass is 351 g/mol. The van der Waals surface area contributed by atoms with Crippen LogP contribution in [-0.2, 0) is 9.59 Å². The van der Waals surface area contributed by atoms with Crippen molar-refractivity contribution in [1.82, 2.24) is 0 Å². The van der Waals surface area contributed by atoms with E-state index in [1.807, 2.05) is 0 Å². The van der Waals surface area contributed by atoms with E-state index in [1.165, 1.54) is 6.92 Å². The second kappa shape index (κ2) is 7.85. The predicted molar refractivity (Wildman–Crippen MR) is 94.3 cm³/mol. The van der Waals surface area contributed by atoms with Crippen molar-refractivity contribution in [2.45, 2.75) is 6.92 Å². The van der Waals surface area contributed by atoms with Crippen LogP contribution in [0.2, 0.25) is 10.0 Å². The van der Waals surface area contributed by atoms with Crippen LogP contribution < -0.4 is 16.0 Å². The number of nitrogens with one attached hydrogen (secondary N) is 3. The van der Waals surface area contributed by atoms with Crippen LogP contribution in [0.25, 0.3) is 0 Å². The normalized spacial score (nSPS) is 10.0. The minimum absolute atomic E-state index is 0.0328. The third kappa shape index (κ3) is 5.16. The number of para-hydroxylation sites is 1. The summed E-state index contributed by atoms with van der Waals surface area (Å²) in [5.74, 6) is -0.446. The number of amides is 2. The largest absolute Gasteiger partial charge is 0.376 e. The maximum Gasteiger partial charge on any atom is 0.243 e. The molecule has 0 saturated carbocycles. The molecule has 0 aliphatic heterocycles. The Morgan fingerprint density at radius 2 is 1.57 bits per heavy atom. The second-order valence-corrected chi connectivity index (χ2v) is 5.57. The summed E-state index contributed by atoms with van der Waals surface area (Å²) in [5.41, 5.74) is 1.74. The van der Waals surface area contributed by atoms with Crippen molar-refractivity contribution in [2.75, 3.05) is 22.5 Å². The summed E-state index contributed by atoms with van der Waals surface area (Å²) in [7, 11) is 0. The maximum absolute atomic E-state index is 12.0. The molecule has 0 atom stereocenters. The van der Waals surface area contributed by atoms with E-state index < -0.39 is 0 Å². The maximum atomic E-state index is 12.0. The average molecular weight is 352 g/mol. The van der Waals surface area contributed by atoms with Crippen LogP contribution in [0.5, 0.6) is 0 Å². The molecule has 2 aromatic rings. The first-order valence-corrected chi connectivity index (χ1v) is 7.56. The van der Waals surface area contributed by atoms with Gasteiger partial charge in [0.15, 0.2) is 0 Å². The molecule has 0 aliphatic carbocycles. The van der Waals surface area contributed by atoms with Crippen LogP contribution in [-0.4, -0.2) is 18.4 Å². The minimum Gasteiger partial charge on any atom is -0.376 e. The fourth-order valence-corrected chi connectivity index (χ4v) is 2.39. The smallest absolute Gasteiger partial charge is 0.243 e. The molecule has 0 spiro atoms. The van der Waals surface area contributed by atoms with Crippen LogP contribution in [0.4, 0.5) is 17.1 Å². The third-order valence-corrected chi connectivity index (χ3v) is 3.49. The van der Waals surface area contributed by atoms with Gasteiger partial charge in [-0.2, -0.15) is 0 Å². The molecule has 0 bridgehead atoms. The first kappa shape index (κ1) is 17.1. The van der Waals surface area contributed by atoms with Gasteiger partial charge < -0.3 is 16.0 Å². The molecule has 0 fully saturated rings. The molecule has 0 aliphatic rings.